The van der Waals surface area contributed by atoms with E-state index in [1.54, 1.807) is 0 Å². The van der Waals surface area contributed by atoms with E-state index in [2.05, 4.69) is 49.9 Å². The average Bonchev–Trinajstić information content (AvgIpc) is 1.98. The van der Waals surface area contributed by atoms with Gasteiger partial charge in [0.15, 0.2) is 0 Å². The van der Waals surface area contributed by atoms with Gasteiger partial charge < -0.3 is 7.43 Å². The van der Waals surface area contributed by atoms with Gasteiger partial charge in [-0.15, -0.1) is 0 Å². The second-order valence-electron chi connectivity index (χ2n) is 2.80. The summed E-state index contributed by atoms with van der Waals surface area (Å²) in [5, 5.41) is 0. The zero-order chi connectivity index (χ0) is 8.85. The molecule has 12 heavy (non-hydrogen) atoms. The molecule has 0 bridgehead atoms. The SMILES string of the molecule is C[C-]=C(C)/C(=C\[CH]=[V+2])C(C)C.[CH3-]. The molecule has 0 aromatic carbocycles. The van der Waals surface area contributed by atoms with Crippen LogP contribution in [0.5, 0.6) is 0 Å². The number of rotatable bonds is 3. The van der Waals surface area contributed by atoms with Gasteiger partial charge in [-0.25, -0.2) is 0 Å². The van der Waals surface area contributed by atoms with Gasteiger partial charge in [0.1, 0.15) is 0 Å². The van der Waals surface area contributed by atoms with Crippen molar-refractivity contribution in [2.75, 3.05) is 0 Å². The molecule has 0 saturated heterocycles. The maximum Gasteiger partial charge on any atom is -0.358 e. The first-order valence-corrected chi connectivity index (χ1v) is 4.63. The summed E-state index contributed by atoms with van der Waals surface area (Å²) >= 11 is 2.46. The van der Waals surface area contributed by atoms with Crippen molar-refractivity contribution in [3.63, 3.8) is 0 Å². The van der Waals surface area contributed by atoms with Gasteiger partial charge in [-0.1, -0.05) is 0 Å². The van der Waals surface area contributed by atoms with Gasteiger partial charge in [0.25, 0.3) is 0 Å². The van der Waals surface area contributed by atoms with Crippen molar-refractivity contribution in [3.8, 4) is 0 Å². The molecule has 0 aliphatic heterocycles. The second kappa shape index (κ2) is 7.58. The Hall–Kier alpha value is -0.0656. The minimum Gasteiger partial charge on any atom is -0.358 e. The van der Waals surface area contributed by atoms with Crippen LogP contribution in [0.15, 0.2) is 17.2 Å². The zero-order valence-electron chi connectivity index (χ0n) is 8.68. The molecule has 0 fully saturated rings. The van der Waals surface area contributed by atoms with E-state index in [0.29, 0.717) is 5.92 Å². The summed E-state index contributed by atoms with van der Waals surface area (Å²) in [6, 6.07) is 0. The van der Waals surface area contributed by atoms with Crippen LogP contribution >= 0.6 is 0 Å². The first kappa shape index (κ1) is 14.5. The van der Waals surface area contributed by atoms with Crippen molar-refractivity contribution in [2.24, 2.45) is 5.92 Å². The minimum absolute atomic E-state index is 0. The molecular weight excluding hydrogens is 183 g/mol. The third kappa shape index (κ3) is 4.74. The summed E-state index contributed by atoms with van der Waals surface area (Å²) in [6.45, 7) is 8.45. The Balaban J connectivity index is 0. The Bertz CT molecular complexity index is 185. The van der Waals surface area contributed by atoms with E-state index in [0.717, 1.165) is 0 Å². The average molecular weight is 201 g/mol. The van der Waals surface area contributed by atoms with Crippen LogP contribution in [0.25, 0.3) is 0 Å². The molecule has 0 heterocycles. The molecule has 0 amide bonds. The number of hydrogen-bond donors (Lipinski definition) is 0. The topological polar surface area (TPSA) is 0 Å². The Morgan fingerprint density at radius 1 is 1.42 bits per heavy atom. The zero-order valence-corrected chi connectivity index (χ0v) is 10.1. The fourth-order valence-electron chi connectivity index (χ4n) is 0.975. The Kier molecular flexibility index (Phi) is 9.13. The van der Waals surface area contributed by atoms with Gasteiger partial charge in [0.05, 0.1) is 0 Å². The first-order chi connectivity index (χ1) is 5.13. The molecule has 0 aliphatic rings. The summed E-state index contributed by atoms with van der Waals surface area (Å²) < 4.78 is 2.02. The van der Waals surface area contributed by atoms with E-state index < -0.39 is 0 Å². The van der Waals surface area contributed by atoms with Crippen LogP contribution in [0.4, 0.5) is 0 Å². The molecule has 0 radical (unpaired) electrons. The molecule has 0 N–H and O–H groups in total. The second-order valence-corrected chi connectivity index (χ2v) is 3.27. The predicted molar refractivity (Wildman–Crippen MR) is 53.5 cm³/mol. The molecule has 0 rings (SSSR count). The summed E-state index contributed by atoms with van der Waals surface area (Å²) in [4.78, 5) is 0. The smallest absolute Gasteiger partial charge is 0.358 e. The standard InChI is InChI=1S/C10H15.CH3.V/c1-6-9(5)10(7-2)8(3)4;;/h2,7-8H,1,3-5H3;1H3;/q2*-1;+2/b10-7-;;. The van der Waals surface area contributed by atoms with Crippen LogP contribution < -0.4 is 0 Å². The van der Waals surface area contributed by atoms with Crippen molar-refractivity contribution in [2.45, 2.75) is 27.7 Å². The van der Waals surface area contributed by atoms with Crippen LogP contribution in [0.1, 0.15) is 27.7 Å². The number of hydrogen-bond acceptors (Lipinski definition) is 0. The van der Waals surface area contributed by atoms with Crippen molar-refractivity contribution >= 4 is 4.73 Å². The summed E-state index contributed by atoms with van der Waals surface area (Å²) in [6.07, 6.45) is 5.29. The van der Waals surface area contributed by atoms with Crippen LogP contribution in [-0.4, -0.2) is 4.73 Å². The molecule has 67 valence electrons. The third-order valence-corrected chi connectivity index (χ3v) is 1.92. The first-order valence-electron chi connectivity index (χ1n) is 3.82. The number of allylic oxidation sites excluding steroid dienone is 4. The molecule has 0 aliphatic carbocycles. The van der Waals surface area contributed by atoms with Crippen molar-refractivity contribution in [1.82, 2.24) is 0 Å². The maximum absolute atomic E-state index is 3.15. The molecule has 0 saturated carbocycles. The van der Waals surface area contributed by atoms with Gasteiger partial charge in [-0.2, -0.15) is 0 Å². The Morgan fingerprint density at radius 3 is 2.17 bits per heavy atom. The summed E-state index contributed by atoms with van der Waals surface area (Å²) in [5.41, 5.74) is 2.62. The van der Waals surface area contributed by atoms with Gasteiger partial charge in [0.2, 0.25) is 0 Å². The minimum atomic E-state index is 0. The van der Waals surface area contributed by atoms with Crippen molar-refractivity contribution in [3.05, 3.63) is 30.7 Å². The molecule has 0 atom stereocenters. The molecular formula is C11H18V. The summed E-state index contributed by atoms with van der Waals surface area (Å²) in [5.74, 6) is 0.586. The van der Waals surface area contributed by atoms with E-state index >= 15 is 0 Å². The quantitative estimate of drug-likeness (QED) is 0.486. The molecule has 0 nitrogen and oxygen atoms in total. The van der Waals surface area contributed by atoms with Gasteiger partial charge in [-0.3, -0.25) is 0 Å². The van der Waals surface area contributed by atoms with Crippen LogP contribution in [0.3, 0.4) is 0 Å². The van der Waals surface area contributed by atoms with Gasteiger partial charge in [-0.05, 0) is 0 Å². The monoisotopic (exact) mass is 201 g/mol. The molecule has 0 aromatic rings. The maximum atomic E-state index is 3.15. The fraction of sp³-hybridized carbons (Fsp3) is 0.455. The van der Waals surface area contributed by atoms with Crippen molar-refractivity contribution in [1.29, 1.82) is 0 Å². The van der Waals surface area contributed by atoms with Crippen LogP contribution in [-0.2, 0) is 17.0 Å². The third-order valence-electron chi connectivity index (χ3n) is 1.68. The van der Waals surface area contributed by atoms with E-state index in [4.69, 9.17) is 0 Å². The molecule has 0 spiro atoms. The van der Waals surface area contributed by atoms with E-state index in [9.17, 15) is 0 Å². The van der Waals surface area contributed by atoms with E-state index in [1.165, 1.54) is 11.1 Å². The molecule has 0 unspecified atom stereocenters. The predicted octanol–water partition coefficient (Wildman–Crippen LogP) is 3.14. The van der Waals surface area contributed by atoms with Crippen LogP contribution in [0.2, 0.25) is 0 Å². The molecule has 1 heteroatoms. The van der Waals surface area contributed by atoms with Gasteiger partial charge in [0, 0.05) is 0 Å². The van der Waals surface area contributed by atoms with Gasteiger partial charge >= 0.3 is 78.6 Å². The fourth-order valence-corrected chi connectivity index (χ4v) is 1.23. The Morgan fingerprint density at radius 2 is 1.92 bits per heavy atom. The summed E-state index contributed by atoms with van der Waals surface area (Å²) in [7, 11) is 0. The largest absolute Gasteiger partial charge is 0.358 e. The van der Waals surface area contributed by atoms with E-state index in [1.807, 2.05) is 11.7 Å². The van der Waals surface area contributed by atoms with Crippen molar-refractivity contribution < 1.29 is 17.0 Å². The van der Waals surface area contributed by atoms with E-state index in [-0.39, 0.29) is 7.43 Å². The van der Waals surface area contributed by atoms with Crippen LogP contribution in [0, 0.1) is 19.4 Å². The molecule has 0 aromatic heterocycles. The normalized spacial score (nSPS) is 12.9. The Labute approximate surface area is 86.3 Å².